The van der Waals surface area contributed by atoms with Crippen LogP contribution in [0.25, 0.3) is 22.4 Å². The van der Waals surface area contributed by atoms with Crippen molar-refractivity contribution in [1.82, 2.24) is 9.97 Å². The van der Waals surface area contributed by atoms with Crippen LogP contribution in [0.15, 0.2) is 53.6 Å². The zero-order valence-electron chi connectivity index (χ0n) is 13.7. The predicted octanol–water partition coefficient (Wildman–Crippen LogP) is 2.99. The highest BCUT2D eigenvalue weighted by Crippen LogP contribution is 2.32. The number of pyridine rings is 2. The first-order chi connectivity index (χ1) is 12.2. The molecule has 6 heteroatoms. The topological polar surface area (TPSA) is 88.0 Å². The van der Waals surface area contributed by atoms with Crippen molar-refractivity contribution in [3.8, 4) is 40.0 Å². The highest BCUT2D eigenvalue weighted by Gasteiger charge is 2.14. The highest BCUT2D eigenvalue weighted by molar-refractivity contribution is 5.76. The summed E-state index contributed by atoms with van der Waals surface area (Å²) in [4.78, 5) is 19.1. The van der Waals surface area contributed by atoms with Gasteiger partial charge >= 0.3 is 0 Å². The highest BCUT2D eigenvalue weighted by atomic mass is 16.5. The molecule has 2 heterocycles. The molecule has 0 aliphatic carbocycles. The Labute approximate surface area is 144 Å². The molecule has 1 N–H and O–H groups in total. The van der Waals surface area contributed by atoms with Crippen LogP contribution in [-0.2, 0) is 0 Å². The zero-order chi connectivity index (χ0) is 17.8. The molecule has 25 heavy (non-hydrogen) atoms. The van der Waals surface area contributed by atoms with Crippen molar-refractivity contribution < 1.29 is 9.47 Å². The molecule has 0 aliphatic heterocycles. The molecular weight excluding hydrogens is 318 g/mol. The largest absolute Gasteiger partial charge is 0.497 e. The maximum atomic E-state index is 12.4. The molecule has 0 aliphatic rings. The van der Waals surface area contributed by atoms with Gasteiger partial charge in [0.05, 0.1) is 14.2 Å². The average Bonchev–Trinajstić information content (AvgIpc) is 2.67. The molecule has 1 aromatic carbocycles. The summed E-state index contributed by atoms with van der Waals surface area (Å²) in [5, 5.41) is 9.43. The summed E-state index contributed by atoms with van der Waals surface area (Å²) in [6.45, 7) is 0. The Bertz CT molecular complexity index is 982. The van der Waals surface area contributed by atoms with Crippen molar-refractivity contribution in [3.63, 3.8) is 0 Å². The lowest BCUT2D eigenvalue weighted by atomic mass is 9.99. The summed E-state index contributed by atoms with van der Waals surface area (Å²) in [5.41, 5.74) is 2.15. The van der Waals surface area contributed by atoms with E-state index in [2.05, 4.69) is 9.97 Å². The van der Waals surface area contributed by atoms with Crippen LogP contribution >= 0.6 is 0 Å². The van der Waals surface area contributed by atoms with Crippen LogP contribution in [0.4, 0.5) is 0 Å². The van der Waals surface area contributed by atoms with Crippen LogP contribution in [0.1, 0.15) is 5.56 Å². The van der Waals surface area contributed by atoms with Gasteiger partial charge in [-0.05, 0) is 35.9 Å². The summed E-state index contributed by atoms with van der Waals surface area (Å²) in [6.07, 6.45) is 3.28. The van der Waals surface area contributed by atoms with E-state index in [1.807, 2.05) is 6.07 Å². The van der Waals surface area contributed by atoms with E-state index in [9.17, 15) is 10.1 Å². The van der Waals surface area contributed by atoms with E-state index in [0.29, 0.717) is 28.3 Å². The van der Waals surface area contributed by atoms with E-state index >= 15 is 0 Å². The van der Waals surface area contributed by atoms with Gasteiger partial charge in [-0.25, -0.2) is 0 Å². The lowest BCUT2D eigenvalue weighted by molar-refractivity contribution is 0.394. The fourth-order valence-electron chi connectivity index (χ4n) is 2.55. The van der Waals surface area contributed by atoms with Gasteiger partial charge < -0.3 is 14.5 Å². The number of hydrogen-bond donors (Lipinski definition) is 1. The van der Waals surface area contributed by atoms with E-state index in [0.717, 1.165) is 5.56 Å². The molecule has 124 valence electrons. The summed E-state index contributed by atoms with van der Waals surface area (Å²) >= 11 is 0. The molecule has 2 aromatic heterocycles. The van der Waals surface area contributed by atoms with Crippen molar-refractivity contribution in [2.75, 3.05) is 14.2 Å². The van der Waals surface area contributed by atoms with Crippen LogP contribution in [0.3, 0.4) is 0 Å². The molecule has 0 atom stereocenters. The SMILES string of the molecule is COc1cc(OC)cc(-c2cc(-c3ccncc3)[nH]c(=O)c2C#N)c1. The molecule has 3 aromatic rings. The van der Waals surface area contributed by atoms with Gasteiger partial charge in [-0.2, -0.15) is 5.26 Å². The molecule has 0 unspecified atom stereocenters. The predicted molar refractivity (Wildman–Crippen MR) is 93.5 cm³/mol. The minimum Gasteiger partial charge on any atom is -0.497 e. The molecule has 6 nitrogen and oxygen atoms in total. The van der Waals surface area contributed by atoms with Crippen LogP contribution in [-0.4, -0.2) is 24.2 Å². The standard InChI is InChI=1S/C19H15N3O3/c1-24-14-7-13(8-15(9-14)25-2)16-10-18(12-3-5-21-6-4-12)22-19(23)17(16)11-20/h3-10H,1-2H3,(H,22,23). The van der Waals surface area contributed by atoms with E-state index in [1.165, 1.54) is 0 Å². The lowest BCUT2D eigenvalue weighted by Crippen LogP contribution is -2.12. The van der Waals surface area contributed by atoms with E-state index in [-0.39, 0.29) is 5.56 Å². The second kappa shape index (κ2) is 6.89. The number of rotatable bonds is 4. The van der Waals surface area contributed by atoms with Gasteiger partial charge in [0.15, 0.2) is 0 Å². The number of ether oxygens (including phenoxy) is 2. The fraction of sp³-hybridized carbons (Fsp3) is 0.105. The first kappa shape index (κ1) is 16.3. The molecule has 0 spiro atoms. The molecule has 0 amide bonds. The first-order valence-corrected chi connectivity index (χ1v) is 7.47. The molecule has 0 fully saturated rings. The van der Waals surface area contributed by atoms with E-state index in [1.54, 1.807) is 63.0 Å². The molecule has 0 radical (unpaired) electrons. The molecular formula is C19H15N3O3. The van der Waals surface area contributed by atoms with E-state index < -0.39 is 5.56 Å². The van der Waals surface area contributed by atoms with Crippen LogP contribution in [0.5, 0.6) is 11.5 Å². The van der Waals surface area contributed by atoms with Crippen molar-refractivity contribution in [1.29, 1.82) is 5.26 Å². The number of benzene rings is 1. The Morgan fingerprint density at radius 3 is 2.20 bits per heavy atom. The maximum Gasteiger partial charge on any atom is 0.266 e. The number of nitrogens with zero attached hydrogens (tertiary/aromatic N) is 2. The van der Waals surface area contributed by atoms with Gasteiger partial charge in [0, 0.05) is 35.3 Å². The fourth-order valence-corrected chi connectivity index (χ4v) is 2.55. The van der Waals surface area contributed by atoms with Crippen molar-refractivity contribution in [2.24, 2.45) is 0 Å². The van der Waals surface area contributed by atoms with Crippen LogP contribution < -0.4 is 15.0 Å². The number of aromatic amines is 1. The summed E-state index contributed by atoms with van der Waals surface area (Å²) in [7, 11) is 3.09. The summed E-state index contributed by atoms with van der Waals surface area (Å²) in [6, 6.07) is 12.6. The van der Waals surface area contributed by atoms with Gasteiger partial charge in [-0.1, -0.05) is 0 Å². The van der Waals surface area contributed by atoms with Crippen LogP contribution in [0.2, 0.25) is 0 Å². The Hall–Kier alpha value is -3.59. The normalized spacial score (nSPS) is 10.1. The number of hydrogen-bond acceptors (Lipinski definition) is 5. The van der Waals surface area contributed by atoms with E-state index in [4.69, 9.17) is 9.47 Å². The van der Waals surface area contributed by atoms with Crippen molar-refractivity contribution >= 4 is 0 Å². The summed E-state index contributed by atoms with van der Waals surface area (Å²) in [5.74, 6) is 1.15. The minimum atomic E-state index is -0.450. The Morgan fingerprint density at radius 1 is 1.00 bits per heavy atom. The third kappa shape index (κ3) is 3.21. The number of nitrogens with one attached hydrogen (secondary N) is 1. The van der Waals surface area contributed by atoms with Gasteiger partial charge in [0.2, 0.25) is 0 Å². The Balaban J connectivity index is 2.27. The minimum absolute atomic E-state index is 0.0353. The molecule has 0 saturated carbocycles. The number of methoxy groups -OCH3 is 2. The van der Waals surface area contributed by atoms with Crippen molar-refractivity contribution in [3.05, 3.63) is 64.7 Å². The smallest absolute Gasteiger partial charge is 0.266 e. The maximum absolute atomic E-state index is 12.4. The second-order valence-corrected chi connectivity index (χ2v) is 5.25. The lowest BCUT2D eigenvalue weighted by Gasteiger charge is -2.11. The second-order valence-electron chi connectivity index (χ2n) is 5.25. The first-order valence-electron chi connectivity index (χ1n) is 7.47. The quantitative estimate of drug-likeness (QED) is 0.793. The zero-order valence-corrected chi connectivity index (χ0v) is 13.7. The Kier molecular flexibility index (Phi) is 4.48. The van der Waals surface area contributed by atoms with Crippen LogP contribution in [0, 0.1) is 11.3 Å². The number of aromatic nitrogens is 2. The number of nitriles is 1. The van der Waals surface area contributed by atoms with Crippen molar-refractivity contribution in [2.45, 2.75) is 0 Å². The average molecular weight is 333 g/mol. The van der Waals surface area contributed by atoms with Gasteiger partial charge in [0.25, 0.3) is 5.56 Å². The molecule has 3 rings (SSSR count). The van der Waals surface area contributed by atoms with Gasteiger partial charge in [0.1, 0.15) is 23.1 Å². The van der Waals surface area contributed by atoms with Gasteiger partial charge in [-0.15, -0.1) is 0 Å². The summed E-state index contributed by atoms with van der Waals surface area (Å²) < 4.78 is 10.6. The third-order valence-electron chi connectivity index (χ3n) is 3.80. The van der Waals surface area contributed by atoms with Gasteiger partial charge in [-0.3, -0.25) is 9.78 Å². The number of H-pyrrole nitrogens is 1. The molecule has 0 bridgehead atoms. The Morgan fingerprint density at radius 2 is 1.64 bits per heavy atom. The third-order valence-corrected chi connectivity index (χ3v) is 3.80. The molecule has 0 saturated heterocycles. The monoisotopic (exact) mass is 333 g/mol.